The number of nitrogens with one attached hydrogen (secondary N) is 1. The summed E-state index contributed by atoms with van der Waals surface area (Å²) in [4.78, 5) is 17.1. The van der Waals surface area contributed by atoms with Gasteiger partial charge in [0.2, 0.25) is 0 Å². The number of anilines is 1. The van der Waals surface area contributed by atoms with E-state index in [-0.39, 0.29) is 11.9 Å². The smallest absolute Gasteiger partial charge is 0.264 e. The zero-order valence-corrected chi connectivity index (χ0v) is 13.5. The van der Waals surface area contributed by atoms with Gasteiger partial charge in [0.25, 0.3) is 5.91 Å². The van der Waals surface area contributed by atoms with Crippen molar-refractivity contribution in [2.24, 2.45) is 0 Å². The molecule has 1 atom stereocenters. The van der Waals surface area contributed by atoms with Crippen molar-refractivity contribution in [3.8, 4) is 0 Å². The second kappa shape index (κ2) is 5.63. The van der Waals surface area contributed by atoms with E-state index >= 15 is 0 Å². The molecule has 0 aliphatic carbocycles. The average Bonchev–Trinajstić information content (AvgIpc) is 3.07. The second-order valence-electron chi connectivity index (χ2n) is 4.52. The molecule has 0 aliphatic rings. The number of benzene rings is 1. The highest BCUT2D eigenvalue weighted by molar-refractivity contribution is 7.21. The number of rotatable bonds is 3. The number of halogens is 1. The predicted octanol–water partition coefficient (Wildman–Crippen LogP) is 4.08. The fraction of sp³-hybridized carbons (Fsp3) is 0.143. The standard InChI is InChI=1S/C14H12ClN3OS2/c1-7(14-17-5-6-20-14)18-13(19)12-11(16)10-8(15)3-2-4-9(10)21-12/h2-7H,16H2,1H3,(H,18,19). The minimum absolute atomic E-state index is 0.155. The average molecular weight is 338 g/mol. The Kier molecular flexibility index (Phi) is 3.84. The molecule has 0 bridgehead atoms. The van der Waals surface area contributed by atoms with Crippen LogP contribution in [0.25, 0.3) is 10.1 Å². The van der Waals surface area contributed by atoms with Crippen LogP contribution in [0.3, 0.4) is 0 Å². The van der Waals surface area contributed by atoms with Gasteiger partial charge in [0, 0.05) is 21.7 Å². The molecule has 2 aromatic heterocycles. The van der Waals surface area contributed by atoms with Crippen molar-refractivity contribution in [2.75, 3.05) is 5.73 Å². The summed E-state index contributed by atoms with van der Waals surface area (Å²) in [6, 6.07) is 5.37. The van der Waals surface area contributed by atoms with Gasteiger partial charge in [-0.25, -0.2) is 4.98 Å². The Labute approximate surface area is 134 Å². The summed E-state index contributed by atoms with van der Waals surface area (Å²) in [7, 11) is 0. The van der Waals surface area contributed by atoms with Gasteiger partial charge in [-0.15, -0.1) is 22.7 Å². The van der Waals surface area contributed by atoms with E-state index in [0.717, 1.165) is 15.1 Å². The van der Waals surface area contributed by atoms with Crippen LogP contribution in [0.4, 0.5) is 5.69 Å². The lowest BCUT2D eigenvalue weighted by molar-refractivity contribution is 0.0945. The second-order valence-corrected chi connectivity index (χ2v) is 6.91. The molecule has 0 saturated heterocycles. The molecule has 0 fully saturated rings. The number of hydrogen-bond donors (Lipinski definition) is 2. The zero-order chi connectivity index (χ0) is 15.0. The van der Waals surface area contributed by atoms with E-state index in [1.165, 1.54) is 22.7 Å². The molecule has 0 radical (unpaired) electrons. The van der Waals surface area contributed by atoms with Crippen molar-refractivity contribution in [3.63, 3.8) is 0 Å². The summed E-state index contributed by atoms with van der Waals surface area (Å²) in [5, 5.41) is 6.97. The van der Waals surface area contributed by atoms with Crippen LogP contribution < -0.4 is 11.1 Å². The SMILES string of the molecule is CC(NC(=O)c1sc2cccc(Cl)c2c1N)c1nccs1. The first-order valence-corrected chi connectivity index (χ1v) is 8.32. The van der Waals surface area contributed by atoms with Crippen LogP contribution in [0.2, 0.25) is 5.02 Å². The van der Waals surface area contributed by atoms with Gasteiger partial charge >= 0.3 is 0 Å². The van der Waals surface area contributed by atoms with E-state index in [1.54, 1.807) is 12.3 Å². The molecule has 3 aromatic rings. The normalized spacial score (nSPS) is 12.5. The van der Waals surface area contributed by atoms with Crippen molar-refractivity contribution in [1.82, 2.24) is 10.3 Å². The van der Waals surface area contributed by atoms with Crippen molar-refractivity contribution in [2.45, 2.75) is 13.0 Å². The number of nitrogens with two attached hydrogens (primary N) is 1. The van der Waals surface area contributed by atoms with Crippen LogP contribution in [0.15, 0.2) is 29.8 Å². The number of nitrogen functional groups attached to an aromatic ring is 1. The number of nitrogens with zero attached hydrogens (tertiary/aromatic N) is 1. The van der Waals surface area contributed by atoms with Gasteiger partial charge in [-0.3, -0.25) is 4.79 Å². The molecule has 2 heterocycles. The molecular weight excluding hydrogens is 326 g/mol. The number of aromatic nitrogens is 1. The van der Waals surface area contributed by atoms with E-state index in [4.69, 9.17) is 17.3 Å². The first-order chi connectivity index (χ1) is 10.1. The molecule has 0 aliphatic heterocycles. The summed E-state index contributed by atoms with van der Waals surface area (Å²) in [5.41, 5.74) is 6.52. The maximum atomic E-state index is 12.4. The van der Waals surface area contributed by atoms with Crippen molar-refractivity contribution in [1.29, 1.82) is 0 Å². The first kappa shape index (κ1) is 14.3. The molecule has 3 rings (SSSR count). The highest BCUT2D eigenvalue weighted by atomic mass is 35.5. The van der Waals surface area contributed by atoms with Crippen LogP contribution in [0.5, 0.6) is 0 Å². The topological polar surface area (TPSA) is 68.0 Å². The monoisotopic (exact) mass is 337 g/mol. The lowest BCUT2D eigenvalue weighted by atomic mass is 10.2. The highest BCUT2D eigenvalue weighted by Crippen LogP contribution is 2.38. The minimum atomic E-state index is -0.201. The molecule has 0 spiro atoms. The Bertz CT molecular complexity index is 798. The molecular formula is C14H12ClN3OS2. The fourth-order valence-corrected chi connectivity index (χ4v) is 4.10. The molecule has 1 aromatic carbocycles. The van der Waals surface area contributed by atoms with Crippen LogP contribution in [0, 0.1) is 0 Å². The number of hydrogen-bond acceptors (Lipinski definition) is 5. The summed E-state index contributed by atoms with van der Waals surface area (Å²) in [6.07, 6.45) is 1.72. The third-order valence-corrected chi connectivity index (χ3v) is 5.52. The lowest BCUT2D eigenvalue weighted by Crippen LogP contribution is -2.26. The molecule has 4 nitrogen and oxygen atoms in total. The Morgan fingerprint density at radius 3 is 2.95 bits per heavy atom. The Balaban J connectivity index is 1.92. The van der Waals surface area contributed by atoms with Gasteiger partial charge in [0.1, 0.15) is 9.88 Å². The van der Waals surface area contributed by atoms with Gasteiger partial charge in [0.15, 0.2) is 0 Å². The Morgan fingerprint density at radius 1 is 1.48 bits per heavy atom. The van der Waals surface area contributed by atoms with Crippen molar-refractivity contribution < 1.29 is 4.79 Å². The summed E-state index contributed by atoms with van der Waals surface area (Å²) in [5.74, 6) is -0.201. The fourth-order valence-electron chi connectivity index (χ4n) is 2.07. The summed E-state index contributed by atoms with van der Waals surface area (Å²) >= 11 is 9.01. The maximum absolute atomic E-state index is 12.4. The Morgan fingerprint density at radius 2 is 2.29 bits per heavy atom. The lowest BCUT2D eigenvalue weighted by Gasteiger charge is -2.10. The maximum Gasteiger partial charge on any atom is 0.264 e. The van der Waals surface area contributed by atoms with Gasteiger partial charge in [-0.05, 0) is 19.1 Å². The minimum Gasteiger partial charge on any atom is -0.397 e. The molecule has 21 heavy (non-hydrogen) atoms. The third kappa shape index (κ3) is 2.62. The van der Waals surface area contributed by atoms with Crippen LogP contribution in [0.1, 0.15) is 27.6 Å². The molecule has 3 N–H and O–H groups in total. The number of fused-ring (bicyclic) bond motifs is 1. The van der Waals surface area contributed by atoms with Gasteiger partial charge in [-0.2, -0.15) is 0 Å². The van der Waals surface area contributed by atoms with Gasteiger partial charge in [-0.1, -0.05) is 17.7 Å². The molecule has 108 valence electrons. The van der Waals surface area contributed by atoms with Crippen molar-refractivity contribution in [3.05, 3.63) is 44.7 Å². The number of amides is 1. The Hall–Kier alpha value is -1.63. The third-order valence-electron chi connectivity index (χ3n) is 3.08. The molecule has 1 unspecified atom stereocenters. The van der Waals surface area contributed by atoms with Gasteiger partial charge in [0.05, 0.1) is 16.8 Å². The predicted molar refractivity (Wildman–Crippen MR) is 89.2 cm³/mol. The number of thiophene rings is 1. The molecule has 1 amide bonds. The van der Waals surface area contributed by atoms with Crippen LogP contribution in [-0.4, -0.2) is 10.9 Å². The highest BCUT2D eigenvalue weighted by Gasteiger charge is 2.20. The van der Waals surface area contributed by atoms with Gasteiger partial charge < -0.3 is 11.1 Å². The van der Waals surface area contributed by atoms with Crippen LogP contribution in [-0.2, 0) is 0 Å². The number of thiazole rings is 1. The number of carbonyl (C=O) groups excluding carboxylic acids is 1. The quantitative estimate of drug-likeness (QED) is 0.756. The van der Waals surface area contributed by atoms with Crippen LogP contribution >= 0.6 is 34.3 Å². The largest absolute Gasteiger partial charge is 0.397 e. The first-order valence-electron chi connectivity index (χ1n) is 6.24. The van der Waals surface area contributed by atoms with E-state index < -0.39 is 0 Å². The zero-order valence-electron chi connectivity index (χ0n) is 11.1. The van der Waals surface area contributed by atoms with E-state index in [2.05, 4.69) is 10.3 Å². The van der Waals surface area contributed by atoms with E-state index in [0.29, 0.717) is 15.6 Å². The summed E-state index contributed by atoms with van der Waals surface area (Å²) in [6.45, 7) is 1.90. The molecule has 0 saturated carbocycles. The van der Waals surface area contributed by atoms with E-state index in [9.17, 15) is 4.79 Å². The van der Waals surface area contributed by atoms with Crippen molar-refractivity contribution >= 4 is 56.0 Å². The number of carbonyl (C=O) groups is 1. The summed E-state index contributed by atoms with van der Waals surface area (Å²) < 4.78 is 0.909. The van der Waals surface area contributed by atoms with E-state index in [1.807, 2.05) is 24.4 Å². The molecule has 7 heteroatoms.